The highest BCUT2D eigenvalue weighted by Gasteiger charge is 2.00. The van der Waals surface area contributed by atoms with Crippen molar-refractivity contribution >= 4 is 34.6 Å². The minimum Gasteiger partial charge on any atom is -0.399 e. The Balaban J connectivity index is 1.92. The fraction of sp³-hybridized carbons (Fsp3) is 0. The molecule has 1 aromatic heterocycles. The first-order chi connectivity index (χ1) is 9.20. The molecule has 5 N–H and O–H groups in total. The number of imidazole rings is 1. The van der Waals surface area contributed by atoms with Gasteiger partial charge in [0.15, 0.2) is 0 Å². The van der Waals surface area contributed by atoms with Crippen LogP contribution in [0.4, 0.5) is 11.4 Å². The Morgan fingerprint density at radius 2 is 1.79 bits per heavy atom. The quantitative estimate of drug-likeness (QED) is 0.612. The molecule has 0 aliphatic heterocycles. The molecule has 0 radical (unpaired) electrons. The van der Waals surface area contributed by atoms with E-state index in [0.717, 1.165) is 33.8 Å². The number of H-pyrrole nitrogens is 1. The molecule has 0 spiro atoms. The molecule has 2 aromatic carbocycles. The molecule has 1 heterocycles. The van der Waals surface area contributed by atoms with Crippen LogP contribution < -0.4 is 11.5 Å². The average Bonchev–Trinajstić information content (AvgIpc) is 2.78. The van der Waals surface area contributed by atoms with Crippen LogP contribution in [0.1, 0.15) is 11.4 Å². The van der Waals surface area contributed by atoms with E-state index in [0.29, 0.717) is 0 Å². The molecule has 0 bridgehead atoms. The number of aromatic amines is 1. The van der Waals surface area contributed by atoms with Gasteiger partial charge in [0.1, 0.15) is 5.82 Å². The van der Waals surface area contributed by atoms with Crippen LogP contribution in [-0.2, 0) is 0 Å². The van der Waals surface area contributed by atoms with Crippen LogP contribution in [0.15, 0.2) is 42.5 Å². The van der Waals surface area contributed by atoms with Crippen molar-refractivity contribution in [2.45, 2.75) is 0 Å². The summed E-state index contributed by atoms with van der Waals surface area (Å²) >= 11 is 0. The van der Waals surface area contributed by atoms with Crippen molar-refractivity contribution in [1.29, 1.82) is 0 Å². The fourth-order valence-corrected chi connectivity index (χ4v) is 1.96. The topological polar surface area (TPSA) is 80.7 Å². The highest BCUT2D eigenvalue weighted by atomic mass is 14.9. The summed E-state index contributed by atoms with van der Waals surface area (Å²) in [7, 11) is 0. The number of rotatable bonds is 2. The number of aromatic nitrogens is 2. The number of benzene rings is 2. The second-order valence-corrected chi connectivity index (χ2v) is 4.40. The van der Waals surface area contributed by atoms with Gasteiger partial charge in [-0.15, -0.1) is 0 Å². The summed E-state index contributed by atoms with van der Waals surface area (Å²) in [6.07, 6.45) is 3.89. The van der Waals surface area contributed by atoms with Gasteiger partial charge in [-0.3, -0.25) is 0 Å². The standard InChI is InChI=1S/C15H14N4/c16-11-3-1-2-10(8-11)4-7-15-18-13-6-5-12(17)9-14(13)19-15/h1-9H,16-17H2,(H,18,19). The molecule has 3 aromatic rings. The molecule has 94 valence electrons. The first-order valence-corrected chi connectivity index (χ1v) is 5.99. The van der Waals surface area contributed by atoms with Gasteiger partial charge >= 0.3 is 0 Å². The lowest BCUT2D eigenvalue weighted by molar-refractivity contribution is 1.29. The third kappa shape index (κ3) is 2.42. The van der Waals surface area contributed by atoms with Gasteiger partial charge in [-0.2, -0.15) is 0 Å². The molecule has 0 fully saturated rings. The van der Waals surface area contributed by atoms with E-state index in [1.807, 2.05) is 54.6 Å². The van der Waals surface area contributed by atoms with E-state index in [-0.39, 0.29) is 0 Å². The fourth-order valence-electron chi connectivity index (χ4n) is 1.96. The maximum Gasteiger partial charge on any atom is 0.131 e. The third-order valence-electron chi connectivity index (χ3n) is 2.87. The number of nitrogens with one attached hydrogen (secondary N) is 1. The number of fused-ring (bicyclic) bond motifs is 1. The van der Waals surface area contributed by atoms with Crippen molar-refractivity contribution in [1.82, 2.24) is 9.97 Å². The minimum absolute atomic E-state index is 0.725. The molecule has 0 saturated heterocycles. The first kappa shape index (κ1) is 11.3. The second-order valence-electron chi connectivity index (χ2n) is 4.40. The maximum atomic E-state index is 5.74. The molecule has 0 aliphatic rings. The summed E-state index contributed by atoms with van der Waals surface area (Å²) in [5.74, 6) is 0.794. The lowest BCUT2D eigenvalue weighted by atomic mass is 10.2. The Labute approximate surface area is 110 Å². The monoisotopic (exact) mass is 250 g/mol. The van der Waals surface area contributed by atoms with Crippen LogP contribution in [0.3, 0.4) is 0 Å². The Morgan fingerprint density at radius 3 is 2.63 bits per heavy atom. The number of hydrogen-bond acceptors (Lipinski definition) is 3. The Kier molecular flexibility index (Phi) is 2.68. The molecule has 4 nitrogen and oxygen atoms in total. The zero-order chi connectivity index (χ0) is 13.2. The van der Waals surface area contributed by atoms with Gasteiger partial charge in [-0.25, -0.2) is 4.98 Å². The molecule has 0 amide bonds. The van der Waals surface area contributed by atoms with Gasteiger partial charge < -0.3 is 16.5 Å². The third-order valence-corrected chi connectivity index (χ3v) is 2.87. The van der Waals surface area contributed by atoms with Crippen LogP contribution in [0.5, 0.6) is 0 Å². The van der Waals surface area contributed by atoms with E-state index in [2.05, 4.69) is 9.97 Å². The summed E-state index contributed by atoms with van der Waals surface area (Å²) in [6.45, 7) is 0. The molecule has 0 unspecified atom stereocenters. The molecular weight excluding hydrogens is 236 g/mol. The zero-order valence-corrected chi connectivity index (χ0v) is 10.3. The number of hydrogen-bond donors (Lipinski definition) is 3. The minimum atomic E-state index is 0.725. The molecule has 0 atom stereocenters. The highest BCUT2D eigenvalue weighted by molar-refractivity contribution is 5.81. The van der Waals surface area contributed by atoms with Crippen LogP contribution in [-0.4, -0.2) is 9.97 Å². The van der Waals surface area contributed by atoms with Crippen molar-refractivity contribution in [2.75, 3.05) is 11.5 Å². The van der Waals surface area contributed by atoms with E-state index in [1.165, 1.54) is 0 Å². The zero-order valence-electron chi connectivity index (χ0n) is 10.3. The van der Waals surface area contributed by atoms with Gasteiger partial charge in [-0.05, 0) is 42.0 Å². The van der Waals surface area contributed by atoms with Crippen molar-refractivity contribution in [3.63, 3.8) is 0 Å². The van der Waals surface area contributed by atoms with Crippen molar-refractivity contribution in [3.05, 3.63) is 53.9 Å². The van der Waals surface area contributed by atoms with Gasteiger partial charge in [0.2, 0.25) is 0 Å². The van der Waals surface area contributed by atoms with Crippen LogP contribution in [0.25, 0.3) is 23.2 Å². The summed E-state index contributed by atoms with van der Waals surface area (Å²) in [5.41, 5.74) is 15.8. The number of anilines is 2. The van der Waals surface area contributed by atoms with E-state index in [9.17, 15) is 0 Å². The van der Waals surface area contributed by atoms with Gasteiger partial charge in [0.25, 0.3) is 0 Å². The smallest absolute Gasteiger partial charge is 0.131 e. The predicted octanol–water partition coefficient (Wildman–Crippen LogP) is 2.90. The van der Waals surface area contributed by atoms with E-state index in [4.69, 9.17) is 11.5 Å². The molecule has 3 rings (SSSR count). The Hall–Kier alpha value is -2.75. The van der Waals surface area contributed by atoms with Crippen molar-refractivity contribution in [2.24, 2.45) is 0 Å². The summed E-state index contributed by atoms with van der Waals surface area (Å²) in [6, 6.07) is 13.3. The van der Waals surface area contributed by atoms with E-state index >= 15 is 0 Å². The second kappa shape index (κ2) is 4.49. The number of nitrogen functional groups attached to an aromatic ring is 2. The normalized spacial score (nSPS) is 11.4. The maximum absolute atomic E-state index is 5.74. The lowest BCUT2D eigenvalue weighted by Gasteiger charge is -1.94. The van der Waals surface area contributed by atoms with Crippen LogP contribution >= 0.6 is 0 Å². The SMILES string of the molecule is Nc1cccc(C=Cc2nc3ccc(N)cc3[nH]2)c1. The summed E-state index contributed by atoms with van der Waals surface area (Å²) in [5, 5.41) is 0. The van der Waals surface area contributed by atoms with Crippen LogP contribution in [0, 0.1) is 0 Å². The molecule has 0 aliphatic carbocycles. The van der Waals surface area contributed by atoms with Crippen LogP contribution in [0.2, 0.25) is 0 Å². The Morgan fingerprint density at radius 1 is 0.947 bits per heavy atom. The van der Waals surface area contributed by atoms with Gasteiger partial charge in [-0.1, -0.05) is 18.2 Å². The number of nitrogens with zero attached hydrogens (tertiary/aromatic N) is 1. The largest absolute Gasteiger partial charge is 0.399 e. The first-order valence-electron chi connectivity index (χ1n) is 5.99. The van der Waals surface area contributed by atoms with Gasteiger partial charge in [0, 0.05) is 11.4 Å². The average molecular weight is 250 g/mol. The molecule has 0 saturated carbocycles. The predicted molar refractivity (Wildman–Crippen MR) is 80.3 cm³/mol. The lowest BCUT2D eigenvalue weighted by Crippen LogP contribution is -1.83. The summed E-state index contributed by atoms with van der Waals surface area (Å²) in [4.78, 5) is 7.67. The van der Waals surface area contributed by atoms with E-state index in [1.54, 1.807) is 0 Å². The number of nitrogens with two attached hydrogens (primary N) is 2. The molecular formula is C15H14N4. The van der Waals surface area contributed by atoms with Crippen molar-refractivity contribution in [3.8, 4) is 0 Å². The molecule has 4 heteroatoms. The highest BCUT2D eigenvalue weighted by Crippen LogP contribution is 2.16. The Bertz CT molecular complexity index is 756. The van der Waals surface area contributed by atoms with Crippen molar-refractivity contribution < 1.29 is 0 Å². The summed E-state index contributed by atoms with van der Waals surface area (Å²) < 4.78 is 0. The van der Waals surface area contributed by atoms with E-state index < -0.39 is 0 Å². The van der Waals surface area contributed by atoms with Gasteiger partial charge in [0.05, 0.1) is 11.0 Å². The molecule has 19 heavy (non-hydrogen) atoms.